The minimum Gasteiger partial charge on any atom is -0.289 e. The number of Topliss-reactive ketones (excluding diaryl/α,β-unsaturated/α-hetero) is 1. The van der Waals surface area contributed by atoms with Gasteiger partial charge in [-0.3, -0.25) is 4.79 Å². The van der Waals surface area contributed by atoms with E-state index in [4.69, 9.17) is 11.6 Å². The molecule has 4 rings (SSSR count). The molecule has 0 aliphatic heterocycles. The van der Waals surface area contributed by atoms with Crippen LogP contribution in [0.3, 0.4) is 0 Å². The van der Waals surface area contributed by atoms with Gasteiger partial charge in [0.2, 0.25) is 0 Å². The zero-order valence-corrected chi connectivity index (χ0v) is 13.7. The van der Waals surface area contributed by atoms with Crippen molar-refractivity contribution in [2.24, 2.45) is 0 Å². The van der Waals surface area contributed by atoms with Crippen molar-refractivity contribution in [1.82, 2.24) is 0 Å². The lowest BCUT2D eigenvalue weighted by atomic mass is 9.89. The van der Waals surface area contributed by atoms with Gasteiger partial charge >= 0.3 is 0 Å². The molecule has 0 bridgehead atoms. The van der Waals surface area contributed by atoms with E-state index in [0.29, 0.717) is 5.02 Å². The normalized spacial score (nSPS) is 18.0. The third kappa shape index (κ3) is 2.57. The summed E-state index contributed by atoms with van der Waals surface area (Å²) in [5, 5.41) is 0.692. The van der Waals surface area contributed by atoms with Crippen LogP contribution in [0.4, 0.5) is 0 Å². The van der Waals surface area contributed by atoms with Crippen LogP contribution >= 0.6 is 11.6 Å². The molecule has 116 valence electrons. The van der Waals surface area contributed by atoms with Crippen LogP contribution in [0.5, 0.6) is 0 Å². The molecule has 2 heteroatoms. The summed E-state index contributed by atoms with van der Waals surface area (Å²) in [6.45, 7) is 0. The van der Waals surface area contributed by atoms with E-state index in [1.165, 1.54) is 0 Å². The second-order valence-electron chi connectivity index (χ2n) is 5.91. The third-order valence-electron chi connectivity index (χ3n) is 4.41. The number of allylic oxidation sites excluding steroid dienone is 1. The molecule has 1 aliphatic rings. The van der Waals surface area contributed by atoms with Gasteiger partial charge in [-0.25, -0.2) is 0 Å². The maximum absolute atomic E-state index is 13.0. The first-order chi connectivity index (χ1) is 11.7. The predicted molar refractivity (Wildman–Crippen MR) is 98.5 cm³/mol. The number of benzene rings is 3. The number of carbonyl (C=O) groups excluding carboxylic acids is 1. The molecule has 0 N–H and O–H groups in total. The molecule has 0 aromatic heterocycles. The Bertz CT molecular complexity index is 924. The molecule has 0 saturated heterocycles. The SMILES string of the molecule is O=C1C(=Cc2ccc(Cl)cc2)C(c2ccccc2)c2ccccc21. The van der Waals surface area contributed by atoms with Crippen molar-refractivity contribution in [2.75, 3.05) is 0 Å². The fourth-order valence-electron chi connectivity index (χ4n) is 3.30. The van der Waals surface area contributed by atoms with Gasteiger partial charge in [0.05, 0.1) is 0 Å². The zero-order valence-electron chi connectivity index (χ0n) is 12.9. The Labute approximate surface area is 146 Å². The van der Waals surface area contributed by atoms with E-state index in [-0.39, 0.29) is 11.7 Å². The average molecular weight is 331 g/mol. The molecule has 1 nitrogen and oxygen atoms in total. The van der Waals surface area contributed by atoms with Crippen LogP contribution in [0.1, 0.15) is 33.0 Å². The van der Waals surface area contributed by atoms with Gasteiger partial charge in [-0.15, -0.1) is 0 Å². The summed E-state index contributed by atoms with van der Waals surface area (Å²) < 4.78 is 0. The quantitative estimate of drug-likeness (QED) is 0.546. The monoisotopic (exact) mass is 330 g/mol. The Morgan fingerprint density at radius 1 is 0.792 bits per heavy atom. The Morgan fingerprint density at radius 2 is 1.46 bits per heavy atom. The molecule has 0 fully saturated rings. The molecule has 3 aromatic rings. The third-order valence-corrected chi connectivity index (χ3v) is 4.67. The molecule has 3 aromatic carbocycles. The van der Waals surface area contributed by atoms with Gasteiger partial charge in [0.15, 0.2) is 5.78 Å². The highest BCUT2D eigenvalue weighted by atomic mass is 35.5. The number of fused-ring (bicyclic) bond motifs is 1. The maximum Gasteiger partial charge on any atom is 0.190 e. The van der Waals surface area contributed by atoms with E-state index in [1.807, 2.05) is 72.8 Å². The van der Waals surface area contributed by atoms with Gasteiger partial charge in [-0.05, 0) is 34.9 Å². The maximum atomic E-state index is 13.0. The number of ketones is 1. The van der Waals surface area contributed by atoms with Gasteiger partial charge in [-0.2, -0.15) is 0 Å². The lowest BCUT2D eigenvalue weighted by Crippen LogP contribution is -2.02. The first-order valence-corrected chi connectivity index (χ1v) is 8.27. The summed E-state index contributed by atoms with van der Waals surface area (Å²) in [4.78, 5) is 13.0. The van der Waals surface area contributed by atoms with Gasteiger partial charge in [0, 0.05) is 22.1 Å². The van der Waals surface area contributed by atoms with E-state index in [0.717, 1.165) is 27.8 Å². The number of carbonyl (C=O) groups is 1. The van der Waals surface area contributed by atoms with Gasteiger partial charge < -0.3 is 0 Å². The molecule has 0 amide bonds. The Kier molecular flexibility index (Phi) is 3.79. The number of rotatable bonds is 2. The van der Waals surface area contributed by atoms with Crippen molar-refractivity contribution in [2.45, 2.75) is 5.92 Å². The highest BCUT2D eigenvalue weighted by Crippen LogP contribution is 2.42. The summed E-state index contributed by atoms with van der Waals surface area (Å²) in [6.07, 6.45) is 1.98. The molecule has 0 saturated carbocycles. The highest BCUT2D eigenvalue weighted by molar-refractivity contribution is 6.30. The fourth-order valence-corrected chi connectivity index (χ4v) is 3.43. The standard InChI is InChI=1S/C22H15ClO/c23-17-12-10-15(11-13-17)14-20-21(16-6-2-1-3-7-16)18-8-4-5-9-19(18)22(20)24/h1-14,21H. The summed E-state index contributed by atoms with van der Waals surface area (Å²) in [6, 6.07) is 25.6. The first kappa shape index (κ1) is 14.9. The number of hydrogen-bond acceptors (Lipinski definition) is 1. The van der Waals surface area contributed by atoms with Gasteiger partial charge in [0.1, 0.15) is 0 Å². The Morgan fingerprint density at radius 3 is 2.21 bits per heavy atom. The van der Waals surface area contributed by atoms with Crippen molar-refractivity contribution in [3.05, 3.63) is 112 Å². The molecule has 1 atom stereocenters. The van der Waals surface area contributed by atoms with Crippen molar-refractivity contribution >= 4 is 23.5 Å². The lowest BCUT2D eigenvalue weighted by Gasteiger charge is -2.13. The lowest BCUT2D eigenvalue weighted by molar-refractivity contribution is 0.103. The van der Waals surface area contributed by atoms with E-state index in [1.54, 1.807) is 0 Å². The van der Waals surface area contributed by atoms with Crippen LogP contribution in [0.25, 0.3) is 6.08 Å². The summed E-state index contributed by atoms with van der Waals surface area (Å²) in [5.74, 6) is 0.0833. The van der Waals surface area contributed by atoms with Crippen LogP contribution in [-0.2, 0) is 0 Å². The van der Waals surface area contributed by atoms with Crippen LogP contribution in [0, 0.1) is 0 Å². The minimum atomic E-state index is -0.0226. The van der Waals surface area contributed by atoms with Gasteiger partial charge in [-0.1, -0.05) is 78.3 Å². The largest absolute Gasteiger partial charge is 0.289 e. The second kappa shape index (κ2) is 6.10. The minimum absolute atomic E-state index is 0.0226. The van der Waals surface area contributed by atoms with E-state index in [9.17, 15) is 4.79 Å². The molecule has 0 spiro atoms. The van der Waals surface area contributed by atoms with E-state index in [2.05, 4.69) is 12.1 Å². The zero-order chi connectivity index (χ0) is 16.5. The van der Waals surface area contributed by atoms with Crippen molar-refractivity contribution < 1.29 is 4.79 Å². The molecule has 0 heterocycles. The average Bonchev–Trinajstić information content (AvgIpc) is 2.90. The molecule has 1 unspecified atom stereocenters. The van der Waals surface area contributed by atoms with Gasteiger partial charge in [0.25, 0.3) is 0 Å². The molecular formula is C22H15ClO. The van der Waals surface area contributed by atoms with E-state index < -0.39 is 0 Å². The molecule has 1 aliphatic carbocycles. The smallest absolute Gasteiger partial charge is 0.190 e. The Balaban J connectivity index is 1.88. The second-order valence-corrected chi connectivity index (χ2v) is 6.35. The van der Waals surface area contributed by atoms with Crippen LogP contribution in [0.2, 0.25) is 5.02 Å². The van der Waals surface area contributed by atoms with E-state index >= 15 is 0 Å². The van der Waals surface area contributed by atoms with Crippen LogP contribution < -0.4 is 0 Å². The fraction of sp³-hybridized carbons (Fsp3) is 0.0455. The van der Waals surface area contributed by atoms with Crippen molar-refractivity contribution in [3.8, 4) is 0 Å². The predicted octanol–water partition coefficient (Wildman–Crippen LogP) is 5.75. The summed E-state index contributed by atoms with van der Waals surface area (Å²) in [7, 11) is 0. The topological polar surface area (TPSA) is 17.1 Å². The number of halogens is 1. The van der Waals surface area contributed by atoms with Crippen LogP contribution in [-0.4, -0.2) is 5.78 Å². The summed E-state index contributed by atoms with van der Waals surface area (Å²) >= 11 is 5.97. The number of hydrogen-bond donors (Lipinski definition) is 0. The molecular weight excluding hydrogens is 316 g/mol. The highest BCUT2D eigenvalue weighted by Gasteiger charge is 2.35. The molecule has 24 heavy (non-hydrogen) atoms. The first-order valence-electron chi connectivity index (χ1n) is 7.90. The van der Waals surface area contributed by atoms with Crippen LogP contribution in [0.15, 0.2) is 84.4 Å². The molecule has 0 radical (unpaired) electrons. The van der Waals surface area contributed by atoms with Crippen molar-refractivity contribution in [3.63, 3.8) is 0 Å². The summed E-state index contributed by atoms with van der Waals surface area (Å²) in [5.41, 5.74) is 4.80. The van der Waals surface area contributed by atoms with Crippen molar-refractivity contribution in [1.29, 1.82) is 0 Å². The Hall–Kier alpha value is -2.64.